The summed E-state index contributed by atoms with van der Waals surface area (Å²) in [5, 5.41) is 0. The SMILES string of the molecule is CCN(CC)c1ccc(/C=C2/SC(=S)N(CCCCCC(=O)OC)C2=O)cc1. The van der Waals surface area contributed by atoms with Crippen LogP contribution in [0.1, 0.15) is 45.1 Å². The Labute approximate surface area is 177 Å². The standard InChI is InChI=1S/C21H28N2O3S2/c1-4-22(5-2)17-12-10-16(11-13-17)15-18-20(25)23(21(27)28-18)14-8-6-7-9-19(24)26-3/h10-13,15H,4-9,14H2,1-3H3/b18-15+. The number of anilines is 1. The number of benzene rings is 1. The normalized spacial score (nSPS) is 15.4. The number of carbonyl (C=O) groups excluding carboxylic acids is 2. The highest BCUT2D eigenvalue weighted by atomic mass is 32.2. The molecule has 0 atom stereocenters. The van der Waals surface area contributed by atoms with Gasteiger partial charge in [0.15, 0.2) is 0 Å². The molecule has 1 heterocycles. The predicted octanol–water partition coefficient (Wildman–Crippen LogP) is 4.47. The second-order valence-electron chi connectivity index (χ2n) is 6.48. The third-order valence-electron chi connectivity index (χ3n) is 4.68. The van der Waals surface area contributed by atoms with E-state index in [9.17, 15) is 9.59 Å². The smallest absolute Gasteiger partial charge is 0.305 e. The third-order valence-corrected chi connectivity index (χ3v) is 6.06. The molecule has 0 saturated carbocycles. The molecule has 0 bridgehead atoms. The van der Waals surface area contributed by atoms with E-state index in [0.29, 0.717) is 22.2 Å². The van der Waals surface area contributed by atoms with Crippen molar-refractivity contribution in [3.8, 4) is 0 Å². The van der Waals surface area contributed by atoms with Crippen molar-refractivity contribution in [2.45, 2.75) is 39.5 Å². The molecular weight excluding hydrogens is 392 g/mol. The van der Waals surface area contributed by atoms with Gasteiger partial charge in [-0.15, -0.1) is 0 Å². The Morgan fingerprint density at radius 1 is 1.18 bits per heavy atom. The molecule has 0 aliphatic carbocycles. The van der Waals surface area contributed by atoms with Gasteiger partial charge in [-0.05, 0) is 50.5 Å². The molecule has 5 nitrogen and oxygen atoms in total. The molecule has 0 radical (unpaired) electrons. The lowest BCUT2D eigenvalue weighted by Crippen LogP contribution is -2.29. The molecule has 0 aromatic heterocycles. The molecule has 1 saturated heterocycles. The molecule has 1 aliphatic rings. The zero-order valence-electron chi connectivity index (χ0n) is 16.8. The number of thiocarbonyl (C=S) groups is 1. The van der Waals surface area contributed by atoms with Crippen LogP contribution < -0.4 is 4.90 Å². The summed E-state index contributed by atoms with van der Waals surface area (Å²) >= 11 is 6.73. The number of nitrogens with zero attached hydrogens (tertiary/aromatic N) is 2. The van der Waals surface area contributed by atoms with E-state index < -0.39 is 0 Å². The summed E-state index contributed by atoms with van der Waals surface area (Å²) in [6, 6.07) is 8.24. The van der Waals surface area contributed by atoms with Crippen LogP contribution in [-0.2, 0) is 14.3 Å². The lowest BCUT2D eigenvalue weighted by atomic mass is 10.1. The zero-order valence-corrected chi connectivity index (χ0v) is 18.4. The van der Waals surface area contributed by atoms with Crippen molar-refractivity contribution in [1.82, 2.24) is 4.90 Å². The Morgan fingerprint density at radius 3 is 2.46 bits per heavy atom. The molecule has 1 aliphatic heterocycles. The topological polar surface area (TPSA) is 49.9 Å². The Hall–Kier alpha value is -1.86. The average Bonchev–Trinajstić information content (AvgIpc) is 2.96. The monoisotopic (exact) mass is 420 g/mol. The van der Waals surface area contributed by atoms with Crippen LogP contribution in [0.5, 0.6) is 0 Å². The highest BCUT2D eigenvalue weighted by molar-refractivity contribution is 8.26. The largest absolute Gasteiger partial charge is 0.469 e. The van der Waals surface area contributed by atoms with Crippen LogP contribution in [0.4, 0.5) is 5.69 Å². The van der Waals surface area contributed by atoms with Gasteiger partial charge in [0, 0.05) is 31.7 Å². The van der Waals surface area contributed by atoms with E-state index in [4.69, 9.17) is 12.2 Å². The molecule has 0 N–H and O–H groups in total. The summed E-state index contributed by atoms with van der Waals surface area (Å²) in [5.74, 6) is -0.226. The van der Waals surface area contributed by atoms with Crippen molar-refractivity contribution in [2.75, 3.05) is 31.6 Å². The number of ether oxygens (including phenoxy) is 1. The van der Waals surface area contributed by atoms with E-state index in [2.05, 4.69) is 35.6 Å². The Kier molecular flexibility index (Phi) is 8.99. The van der Waals surface area contributed by atoms with Gasteiger partial charge in [-0.1, -0.05) is 42.5 Å². The summed E-state index contributed by atoms with van der Waals surface area (Å²) in [6.45, 7) is 6.79. The number of unbranched alkanes of at least 4 members (excludes halogenated alkanes) is 2. The highest BCUT2D eigenvalue weighted by Gasteiger charge is 2.31. The van der Waals surface area contributed by atoms with Gasteiger partial charge in [-0.3, -0.25) is 14.5 Å². The van der Waals surface area contributed by atoms with Crippen LogP contribution in [0.2, 0.25) is 0 Å². The number of rotatable bonds is 10. The van der Waals surface area contributed by atoms with Crippen LogP contribution in [0.25, 0.3) is 6.08 Å². The fraction of sp³-hybridized carbons (Fsp3) is 0.476. The molecule has 0 unspecified atom stereocenters. The molecule has 2 rings (SSSR count). The highest BCUT2D eigenvalue weighted by Crippen LogP contribution is 2.33. The quantitative estimate of drug-likeness (QED) is 0.241. The summed E-state index contributed by atoms with van der Waals surface area (Å²) in [4.78, 5) is 28.4. The van der Waals surface area contributed by atoms with Gasteiger partial charge >= 0.3 is 5.97 Å². The van der Waals surface area contributed by atoms with Crippen molar-refractivity contribution >= 4 is 51.9 Å². The third kappa shape index (κ3) is 6.07. The predicted molar refractivity (Wildman–Crippen MR) is 120 cm³/mol. The first-order valence-electron chi connectivity index (χ1n) is 9.67. The average molecular weight is 421 g/mol. The van der Waals surface area contributed by atoms with Crippen molar-refractivity contribution in [3.63, 3.8) is 0 Å². The Balaban J connectivity index is 1.92. The molecule has 1 fully saturated rings. The second-order valence-corrected chi connectivity index (χ2v) is 8.16. The first-order valence-corrected chi connectivity index (χ1v) is 10.9. The number of esters is 1. The van der Waals surface area contributed by atoms with E-state index in [0.717, 1.165) is 37.9 Å². The van der Waals surface area contributed by atoms with E-state index in [1.165, 1.54) is 24.6 Å². The van der Waals surface area contributed by atoms with Crippen LogP contribution in [0.3, 0.4) is 0 Å². The molecule has 1 aromatic rings. The second kappa shape index (κ2) is 11.2. The number of hydrogen-bond donors (Lipinski definition) is 0. The summed E-state index contributed by atoms with van der Waals surface area (Å²) in [6.07, 6.45) is 4.75. The first-order chi connectivity index (χ1) is 13.5. The van der Waals surface area contributed by atoms with Gasteiger partial charge in [0.05, 0.1) is 12.0 Å². The summed E-state index contributed by atoms with van der Waals surface area (Å²) < 4.78 is 5.23. The Bertz CT molecular complexity index is 728. The van der Waals surface area contributed by atoms with Crippen LogP contribution in [-0.4, -0.2) is 47.8 Å². The number of thioether (sulfide) groups is 1. The molecule has 7 heteroatoms. The van der Waals surface area contributed by atoms with Crippen LogP contribution >= 0.6 is 24.0 Å². The minimum Gasteiger partial charge on any atom is -0.469 e. The number of hydrogen-bond acceptors (Lipinski definition) is 6. The molecule has 28 heavy (non-hydrogen) atoms. The zero-order chi connectivity index (χ0) is 20.5. The van der Waals surface area contributed by atoms with Gasteiger partial charge in [0.1, 0.15) is 4.32 Å². The first kappa shape index (κ1) is 22.4. The molecule has 152 valence electrons. The van der Waals surface area contributed by atoms with Crippen molar-refractivity contribution in [1.29, 1.82) is 0 Å². The molecule has 1 amide bonds. The molecule has 1 aromatic carbocycles. The van der Waals surface area contributed by atoms with Crippen molar-refractivity contribution in [2.24, 2.45) is 0 Å². The van der Waals surface area contributed by atoms with E-state index in [1.807, 2.05) is 18.2 Å². The maximum Gasteiger partial charge on any atom is 0.305 e. The fourth-order valence-corrected chi connectivity index (χ4v) is 4.34. The van der Waals surface area contributed by atoms with Gasteiger partial charge in [-0.2, -0.15) is 0 Å². The van der Waals surface area contributed by atoms with Gasteiger partial charge < -0.3 is 9.64 Å². The van der Waals surface area contributed by atoms with E-state index in [-0.39, 0.29) is 11.9 Å². The maximum atomic E-state index is 12.7. The summed E-state index contributed by atoms with van der Waals surface area (Å²) in [7, 11) is 1.39. The number of methoxy groups -OCH3 is 1. The minimum atomic E-state index is -0.194. The lowest BCUT2D eigenvalue weighted by molar-refractivity contribution is -0.140. The minimum absolute atomic E-state index is 0.0317. The van der Waals surface area contributed by atoms with E-state index >= 15 is 0 Å². The van der Waals surface area contributed by atoms with Crippen molar-refractivity contribution in [3.05, 3.63) is 34.7 Å². The van der Waals surface area contributed by atoms with Gasteiger partial charge in [0.2, 0.25) is 0 Å². The number of carbonyl (C=O) groups is 2. The van der Waals surface area contributed by atoms with Gasteiger partial charge in [0.25, 0.3) is 5.91 Å². The molecule has 0 spiro atoms. The summed E-state index contributed by atoms with van der Waals surface area (Å²) in [5.41, 5.74) is 2.18. The lowest BCUT2D eigenvalue weighted by Gasteiger charge is -2.20. The molecular formula is C21H28N2O3S2. The maximum absolute atomic E-state index is 12.7. The van der Waals surface area contributed by atoms with E-state index in [1.54, 1.807) is 4.90 Å². The van der Waals surface area contributed by atoms with Gasteiger partial charge in [-0.25, -0.2) is 0 Å². The number of amides is 1. The fourth-order valence-electron chi connectivity index (χ4n) is 3.03. The van der Waals surface area contributed by atoms with Crippen LogP contribution in [0, 0.1) is 0 Å². The Morgan fingerprint density at radius 2 is 1.86 bits per heavy atom. The van der Waals surface area contributed by atoms with Crippen LogP contribution in [0.15, 0.2) is 29.2 Å². The van der Waals surface area contributed by atoms with Crippen molar-refractivity contribution < 1.29 is 14.3 Å².